The van der Waals surface area contributed by atoms with Crippen molar-refractivity contribution >= 4 is 44.0 Å². The molecule has 27 heavy (non-hydrogen) atoms. The molecular weight excluding hydrogens is 382 g/mol. The summed E-state index contributed by atoms with van der Waals surface area (Å²) in [4.78, 5) is 17.0. The number of carbonyl (C=O) groups excluding carboxylic acids is 1. The third-order valence-electron chi connectivity index (χ3n) is 4.50. The van der Waals surface area contributed by atoms with Gasteiger partial charge in [0.15, 0.2) is 15.0 Å². The molecular formula is C19H19N3O3S2. The number of anilines is 2. The van der Waals surface area contributed by atoms with Crippen molar-refractivity contribution in [2.75, 3.05) is 22.1 Å². The molecule has 0 radical (unpaired) electrons. The normalized spacial score (nSPS) is 22.8. The lowest BCUT2D eigenvalue weighted by Crippen LogP contribution is -2.14. The number of nitrogens with one attached hydrogen (secondary N) is 2. The molecule has 2 aliphatic rings. The minimum atomic E-state index is -2.96. The fraction of sp³-hybridized carbons (Fsp3) is 0.263. The van der Waals surface area contributed by atoms with Gasteiger partial charge >= 0.3 is 0 Å². The smallest absolute Gasteiger partial charge is 0.255 e. The van der Waals surface area contributed by atoms with Gasteiger partial charge in [0.1, 0.15) is 0 Å². The third-order valence-corrected chi connectivity index (χ3v) is 7.65. The number of aliphatic imine (C=N–C) groups is 1. The predicted octanol–water partition coefficient (Wildman–Crippen LogP) is 2.93. The first-order chi connectivity index (χ1) is 12.9. The Balaban J connectivity index is 1.44. The summed E-state index contributed by atoms with van der Waals surface area (Å²) in [7, 11) is -2.96. The van der Waals surface area contributed by atoms with Gasteiger partial charge < -0.3 is 10.6 Å². The SMILES string of the molecule is Cc1ccc(NC(=O)c2cccc(NC3=N[C@@H]4CS(=O)(=O)C[C@H]4S3)c2)cc1. The topological polar surface area (TPSA) is 87.6 Å². The maximum Gasteiger partial charge on any atom is 0.255 e. The quantitative estimate of drug-likeness (QED) is 0.826. The van der Waals surface area contributed by atoms with E-state index in [1.165, 1.54) is 11.8 Å². The number of sulfone groups is 1. The van der Waals surface area contributed by atoms with Crippen LogP contribution < -0.4 is 10.6 Å². The first-order valence-electron chi connectivity index (χ1n) is 8.58. The number of fused-ring (bicyclic) bond motifs is 1. The van der Waals surface area contributed by atoms with E-state index in [1.54, 1.807) is 18.2 Å². The highest BCUT2D eigenvalue weighted by atomic mass is 32.2. The zero-order valence-electron chi connectivity index (χ0n) is 14.7. The molecule has 0 unspecified atom stereocenters. The molecule has 1 saturated heterocycles. The molecule has 2 aliphatic heterocycles. The number of nitrogens with zero attached hydrogens (tertiary/aromatic N) is 1. The molecule has 0 bridgehead atoms. The van der Waals surface area contributed by atoms with Crippen LogP contribution in [0.15, 0.2) is 53.5 Å². The molecule has 2 aromatic rings. The highest BCUT2D eigenvalue weighted by Crippen LogP contribution is 2.34. The monoisotopic (exact) mass is 401 g/mol. The number of hydrogen-bond donors (Lipinski definition) is 2. The van der Waals surface area contributed by atoms with E-state index in [4.69, 9.17) is 0 Å². The van der Waals surface area contributed by atoms with Gasteiger partial charge in [0.2, 0.25) is 0 Å². The fourth-order valence-corrected chi connectivity index (χ4v) is 6.79. The van der Waals surface area contributed by atoms with Crippen molar-refractivity contribution < 1.29 is 13.2 Å². The van der Waals surface area contributed by atoms with Crippen LogP contribution in [0.5, 0.6) is 0 Å². The van der Waals surface area contributed by atoms with Crippen LogP contribution in [0.4, 0.5) is 11.4 Å². The lowest BCUT2D eigenvalue weighted by molar-refractivity contribution is 0.102. The molecule has 2 N–H and O–H groups in total. The van der Waals surface area contributed by atoms with Gasteiger partial charge in [-0.2, -0.15) is 0 Å². The largest absolute Gasteiger partial charge is 0.335 e. The van der Waals surface area contributed by atoms with Gasteiger partial charge in [-0.05, 0) is 37.3 Å². The van der Waals surface area contributed by atoms with Crippen LogP contribution in [-0.2, 0) is 9.84 Å². The Bertz CT molecular complexity index is 1020. The van der Waals surface area contributed by atoms with Gasteiger partial charge in [-0.1, -0.05) is 35.5 Å². The van der Waals surface area contributed by atoms with Gasteiger partial charge in [0.25, 0.3) is 5.91 Å². The molecule has 2 aromatic carbocycles. The fourth-order valence-electron chi connectivity index (χ4n) is 3.12. The number of rotatable bonds is 3. The average Bonchev–Trinajstić information content (AvgIpc) is 3.09. The summed E-state index contributed by atoms with van der Waals surface area (Å²) in [6.07, 6.45) is 0. The number of carbonyl (C=O) groups is 1. The van der Waals surface area contributed by atoms with Crippen molar-refractivity contribution in [2.45, 2.75) is 18.2 Å². The van der Waals surface area contributed by atoms with Crippen molar-refractivity contribution in [2.24, 2.45) is 4.99 Å². The van der Waals surface area contributed by atoms with E-state index >= 15 is 0 Å². The summed E-state index contributed by atoms with van der Waals surface area (Å²) in [5.74, 6) is 0.108. The zero-order valence-corrected chi connectivity index (χ0v) is 16.3. The predicted molar refractivity (Wildman–Crippen MR) is 110 cm³/mol. The Morgan fingerprint density at radius 1 is 1.11 bits per heavy atom. The van der Waals surface area contributed by atoms with Gasteiger partial charge in [0.05, 0.1) is 17.5 Å². The Morgan fingerprint density at radius 3 is 2.63 bits per heavy atom. The van der Waals surface area contributed by atoms with E-state index in [2.05, 4.69) is 15.6 Å². The number of benzene rings is 2. The molecule has 2 heterocycles. The van der Waals surface area contributed by atoms with Crippen LogP contribution in [-0.4, -0.2) is 42.3 Å². The zero-order chi connectivity index (χ0) is 19.0. The molecule has 4 rings (SSSR count). The minimum absolute atomic E-state index is 0.00878. The number of thioether (sulfide) groups is 1. The van der Waals surface area contributed by atoms with Gasteiger partial charge in [0, 0.05) is 22.2 Å². The molecule has 0 saturated carbocycles. The van der Waals surface area contributed by atoms with Crippen LogP contribution >= 0.6 is 11.8 Å². The second-order valence-corrected chi connectivity index (χ2v) is 10.1. The van der Waals surface area contributed by atoms with Crippen LogP contribution in [0.2, 0.25) is 0 Å². The summed E-state index contributed by atoms with van der Waals surface area (Å²) in [5.41, 5.74) is 3.16. The van der Waals surface area contributed by atoms with Gasteiger partial charge in [-0.3, -0.25) is 9.79 Å². The van der Waals surface area contributed by atoms with Crippen molar-refractivity contribution in [1.29, 1.82) is 0 Å². The second-order valence-electron chi connectivity index (χ2n) is 6.76. The van der Waals surface area contributed by atoms with Crippen LogP contribution in [0, 0.1) is 6.92 Å². The van der Waals surface area contributed by atoms with E-state index in [-0.39, 0.29) is 28.7 Å². The molecule has 140 valence electrons. The summed E-state index contributed by atoms with van der Waals surface area (Å²) < 4.78 is 23.3. The van der Waals surface area contributed by atoms with Crippen molar-refractivity contribution in [3.05, 3.63) is 59.7 Å². The Kier molecular flexibility index (Phi) is 4.69. The standard InChI is InChI=1S/C19H19N3O3S2/c1-12-5-7-14(8-6-12)20-18(23)13-3-2-4-15(9-13)21-19-22-16-10-27(24,25)11-17(16)26-19/h2-9,16-17H,10-11H2,1H3,(H,20,23)(H,21,22)/t16-,17-/m1/s1. The Hall–Kier alpha value is -2.32. The van der Waals surface area contributed by atoms with Crippen molar-refractivity contribution in [3.8, 4) is 0 Å². The van der Waals surface area contributed by atoms with E-state index in [1.807, 2.05) is 37.3 Å². The molecule has 0 aromatic heterocycles. The Morgan fingerprint density at radius 2 is 1.89 bits per heavy atom. The highest BCUT2D eigenvalue weighted by molar-refractivity contribution is 8.15. The number of hydrogen-bond acceptors (Lipinski definition) is 6. The highest BCUT2D eigenvalue weighted by Gasteiger charge is 2.42. The maximum absolute atomic E-state index is 12.5. The lowest BCUT2D eigenvalue weighted by Gasteiger charge is -2.09. The van der Waals surface area contributed by atoms with E-state index in [9.17, 15) is 13.2 Å². The molecule has 0 aliphatic carbocycles. The molecule has 6 nitrogen and oxygen atoms in total. The maximum atomic E-state index is 12.5. The minimum Gasteiger partial charge on any atom is -0.335 e. The lowest BCUT2D eigenvalue weighted by atomic mass is 10.1. The number of amidine groups is 1. The van der Waals surface area contributed by atoms with Gasteiger partial charge in [-0.15, -0.1) is 0 Å². The van der Waals surface area contributed by atoms with E-state index < -0.39 is 9.84 Å². The van der Waals surface area contributed by atoms with Gasteiger partial charge in [-0.25, -0.2) is 8.42 Å². The van der Waals surface area contributed by atoms with E-state index in [0.717, 1.165) is 16.9 Å². The second kappa shape index (κ2) is 7.01. The summed E-state index contributed by atoms with van der Waals surface area (Å²) >= 11 is 1.46. The van der Waals surface area contributed by atoms with E-state index in [0.29, 0.717) is 10.7 Å². The van der Waals surface area contributed by atoms with Crippen molar-refractivity contribution in [1.82, 2.24) is 0 Å². The molecule has 1 amide bonds. The van der Waals surface area contributed by atoms with Crippen molar-refractivity contribution in [3.63, 3.8) is 0 Å². The molecule has 2 atom stereocenters. The molecule has 8 heteroatoms. The summed E-state index contributed by atoms with van der Waals surface area (Å²) in [6.45, 7) is 1.99. The third kappa shape index (κ3) is 4.17. The molecule has 0 spiro atoms. The van der Waals surface area contributed by atoms with Crippen LogP contribution in [0.25, 0.3) is 0 Å². The molecule has 1 fully saturated rings. The first kappa shape index (κ1) is 18.1. The van der Waals surface area contributed by atoms with Crippen LogP contribution in [0.1, 0.15) is 15.9 Å². The first-order valence-corrected chi connectivity index (χ1v) is 11.3. The summed E-state index contributed by atoms with van der Waals surface area (Å²) in [6, 6.07) is 14.6. The number of amides is 1. The average molecular weight is 402 g/mol. The number of aryl methyl sites for hydroxylation is 1. The van der Waals surface area contributed by atoms with Crippen LogP contribution in [0.3, 0.4) is 0 Å². The summed E-state index contributed by atoms with van der Waals surface area (Å²) in [5, 5.41) is 6.78. The Labute approximate surface area is 162 Å².